The lowest BCUT2D eigenvalue weighted by Gasteiger charge is -2.38. The summed E-state index contributed by atoms with van der Waals surface area (Å²) in [4.78, 5) is 2.48. The molecule has 1 aromatic carbocycles. The summed E-state index contributed by atoms with van der Waals surface area (Å²) in [6.45, 7) is 5.39. The molecule has 1 aromatic rings. The van der Waals surface area contributed by atoms with Crippen molar-refractivity contribution in [3.8, 4) is 0 Å². The van der Waals surface area contributed by atoms with Crippen molar-refractivity contribution in [1.82, 2.24) is 9.84 Å². The minimum absolute atomic E-state index is 0.0778. The lowest BCUT2D eigenvalue weighted by atomic mass is 10.0. The Morgan fingerprint density at radius 2 is 1.86 bits per heavy atom. The molecule has 1 saturated heterocycles. The van der Waals surface area contributed by atoms with E-state index < -0.39 is 15.8 Å². The summed E-state index contributed by atoms with van der Waals surface area (Å²) < 4.78 is 38.8. The number of hydrogen-bond acceptors (Lipinski definition) is 4. The van der Waals surface area contributed by atoms with E-state index in [1.54, 1.807) is 5.01 Å². The van der Waals surface area contributed by atoms with Gasteiger partial charge in [-0.3, -0.25) is 0 Å². The summed E-state index contributed by atoms with van der Waals surface area (Å²) >= 11 is 0. The van der Waals surface area contributed by atoms with Crippen LogP contribution in [-0.2, 0) is 10.0 Å². The van der Waals surface area contributed by atoms with Gasteiger partial charge < -0.3 is 5.73 Å². The van der Waals surface area contributed by atoms with Gasteiger partial charge in [0, 0.05) is 23.3 Å². The third-order valence-corrected chi connectivity index (χ3v) is 5.48. The molecule has 7 heteroatoms. The number of hydrazine groups is 1. The summed E-state index contributed by atoms with van der Waals surface area (Å²) in [5.74, 6) is -0.616. The molecule has 2 atom stereocenters. The minimum Gasteiger partial charge on any atom is -0.399 e. The van der Waals surface area contributed by atoms with E-state index in [4.69, 9.17) is 5.73 Å². The van der Waals surface area contributed by atoms with E-state index in [0.717, 1.165) is 25.3 Å². The van der Waals surface area contributed by atoms with Crippen LogP contribution in [-0.4, -0.2) is 25.5 Å². The fourth-order valence-electron chi connectivity index (χ4n) is 2.74. The number of piperidine rings is 1. The molecule has 1 aliphatic rings. The highest BCUT2D eigenvalue weighted by molar-refractivity contribution is 7.89. The molecule has 2 rings (SSSR count). The molecule has 3 N–H and O–H groups in total. The van der Waals surface area contributed by atoms with Crippen LogP contribution in [0.2, 0.25) is 0 Å². The molecular weight excluding hydrogens is 293 g/mol. The SMILES string of the molecule is Cc1c(F)cc(N)cc1S(=O)(=O)NN1C(C)CCCC1C. The van der Waals surface area contributed by atoms with Crippen molar-refractivity contribution < 1.29 is 12.8 Å². The number of halogens is 1. The number of nitrogens with one attached hydrogen (secondary N) is 1. The molecular formula is C14H22FN3O2S. The average molecular weight is 315 g/mol. The molecule has 1 aliphatic heterocycles. The summed E-state index contributed by atoms with van der Waals surface area (Å²) in [5, 5.41) is 1.74. The number of anilines is 1. The molecule has 0 bridgehead atoms. The average Bonchev–Trinajstić information content (AvgIpc) is 2.38. The summed E-state index contributed by atoms with van der Waals surface area (Å²) in [6.07, 6.45) is 2.93. The van der Waals surface area contributed by atoms with Crippen molar-refractivity contribution in [2.24, 2.45) is 0 Å². The number of nitrogens with two attached hydrogens (primary N) is 1. The van der Waals surface area contributed by atoms with E-state index in [1.807, 2.05) is 13.8 Å². The fraction of sp³-hybridized carbons (Fsp3) is 0.571. The van der Waals surface area contributed by atoms with Gasteiger partial charge in [-0.25, -0.2) is 17.8 Å². The van der Waals surface area contributed by atoms with Gasteiger partial charge in [-0.1, -0.05) is 6.42 Å². The van der Waals surface area contributed by atoms with Crippen LogP contribution >= 0.6 is 0 Å². The number of nitrogens with zero attached hydrogens (tertiary/aromatic N) is 1. The highest BCUT2D eigenvalue weighted by atomic mass is 32.2. The first-order valence-electron chi connectivity index (χ1n) is 7.09. The number of rotatable bonds is 3. The second kappa shape index (κ2) is 5.90. The van der Waals surface area contributed by atoms with Crippen LogP contribution in [0, 0.1) is 12.7 Å². The zero-order valence-corrected chi connectivity index (χ0v) is 13.4. The first-order chi connectivity index (χ1) is 9.72. The Bertz CT molecular complexity index is 623. The molecule has 0 amide bonds. The van der Waals surface area contributed by atoms with Gasteiger partial charge in [-0.15, -0.1) is 4.83 Å². The largest absolute Gasteiger partial charge is 0.399 e. The Balaban J connectivity index is 2.34. The second-order valence-electron chi connectivity index (χ2n) is 5.76. The Labute approximate surface area is 125 Å². The van der Waals surface area contributed by atoms with Gasteiger partial charge in [0.1, 0.15) is 5.82 Å². The number of hydrogen-bond donors (Lipinski definition) is 2. The first kappa shape index (κ1) is 16.2. The Hall–Kier alpha value is -1.18. The molecule has 0 saturated carbocycles. The van der Waals surface area contributed by atoms with Crippen molar-refractivity contribution in [3.05, 3.63) is 23.5 Å². The van der Waals surface area contributed by atoms with E-state index in [2.05, 4.69) is 4.83 Å². The van der Waals surface area contributed by atoms with Crippen LogP contribution < -0.4 is 10.6 Å². The Morgan fingerprint density at radius 3 is 2.43 bits per heavy atom. The molecule has 21 heavy (non-hydrogen) atoms. The third kappa shape index (κ3) is 3.36. The number of sulfonamides is 1. The molecule has 0 aromatic heterocycles. The monoisotopic (exact) mass is 315 g/mol. The topological polar surface area (TPSA) is 75.4 Å². The molecule has 0 spiro atoms. The molecule has 5 nitrogen and oxygen atoms in total. The van der Waals surface area contributed by atoms with Crippen LogP contribution in [0.5, 0.6) is 0 Å². The van der Waals surface area contributed by atoms with Gasteiger partial charge >= 0.3 is 0 Å². The lowest BCUT2D eigenvalue weighted by molar-refractivity contribution is 0.0790. The van der Waals surface area contributed by atoms with Gasteiger partial charge in [0.2, 0.25) is 0 Å². The third-order valence-electron chi connectivity index (χ3n) is 4.03. The minimum atomic E-state index is -3.85. The fourth-order valence-corrected chi connectivity index (χ4v) is 4.27. The maximum atomic E-state index is 13.7. The zero-order chi connectivity index (χ0) is 15.8. The van der Waals surface area contributed by atoms with Crippen LogP contribution in [0.15, 0.2) is 17.0 Å². The second-order valence-corrected chi connectivity index (χ2v) is 7.39. The van der Waals surface area contributed by atoms with Gasteiger partial charge in [0.25, 0.3) is 10.0 Å². The van der Waals surface area contributed by atoms with Crippen LogP contribution in [0.3, 0.4) is 0 Å². The number of benzene rings is 1. The molecule has 1 fully saturated rings. The van der Waals surface area contributed by atoms with Crippen molar-refractivity contribution in [3.63, 3.8) is 0 Å². The Kier molecular flexibility index (Phi) is 4.55. The van der Waals surface area contributed by atoms with Crippen molar-refractivity contribution in [2.75, 3.05) is 5.73 Å². The zero-order valence-electron chi connectivity index (χ0n) is 12.6. The van der Waals surface area contributed by atoms with Gasteiger partial charge in [0.05, 0.1) is 4.90 Å². The highest BCUT2D eigenvalue weighted by Crippen LogP contribution is 2.25. The van der Waals surface area contributed by atoms with Gasteiger partial charge in [0.15, 0.2) is 0 Å². The van der Waals surface area contributed by atoms with Gasteiger partial charge in [-0.05, 0) is 45.7 Å². The van der Waals surface area contributed by atoms with Crippen LogP contribution in [0.25, 0.3) is 0 Å². The molecule has 2 unspecified atom stereocenters. The van der Waals surface area contributed by atoms with Crippen molar-refractivity contribution in [2.45, 2.75) is 57.0 Å². The smallest absolute Gasteiger partial charge is 0.253 e. The van der Waals surface area contributed by atoms with E-state index in [1.165, 1.54) is 13.0 Å². The summed E-state index contributed by atoms with van der Waals surface area (Å²) in [6, 6.07) is 2.63. The maximum absolute atomic E-state index is 13.7. The van der Waals surface area contributed by atoms with E-state index in [9.17, 15) is 12.8 Å². The lowest BCUT2D eigenvalue weighted by Crippen LogP contribution is -2.54. The van der Waals surface area contributed by atoms with Crippen LogP contribution in [0.4, 0.5) is 10.1 Å². The van der Waals surface area contributed by atoms with E-state index in [0.29, 0.717) is 0 Å². The van der Waals surface area contributed by atoms with Gasteiger partial charge in [-0.2, -0.15) is 0 Å². The molecule has 0 radical (unpaired) electrons. The van der Waals surface area contributed by atoms with E-state index in [-0.39, 0.29) is 28.2 Å². The molecule has 118 valence electrons. The molecule has 0 aliphatic carbocycles. The van der Waals surface area contributed by atoms with Crippen molar-refractivity contribution in [1.29, 1.82) is 0 Å². The van der Waals surface area contributed by atoms with E-state index >= 15 is 0 Å². The number of nitrogen functional groups attached to an aromatic ring is 1. The quantitative estimate of drug-likeness (QED) is 0.838. The standard InChI is InChI=1S/C14H22FN3O2S/c1-9-5-4-6-10(2)18(9)17-21(19,20)14-8-12(16)7-13(15)11(14)3/h7-10,17H,4-6,16H2,1-3H3. The predicted octanol–water partition coefficient (Wildman–Crippen LogP) is 2.17. The summed E-state index contributed by atoms with van der Waals surface area (Å²) in [7, 11) is -3.85. The molecule has 1 heterocycles. The Morgan fingerprint density at radius 1 is 1.29 bits per heavy atom. The highest BCUT2D eigenvalue weighted by Gasteiger charge is 2.30. The summed E-state index contributed by atoms with van der Waals surface area (Å²) in [5.41, 5.74) is 5.74. The predicted molar refractivity (Wildman–Crippen MR) is 80.5 cm³/mol. The first-order valence-corrected chi connectivity index (χ1v) is 8.57. The van der Waals surface area contributed by atoms with Crippen molar-refractivity contribution >= 4 is 15.7 Å². The maximum Gasteiger partial charge on any atom is 0.253 e. The normalized spacial score (nSPS) is 24.2. The van der Waals surface area contributed by atoms with Crippen LogP contribution in [0.1, 0.15) is 38.7 Å².